The van der Waals surface area contributed by atoms with E-state index in [0.29, 0.717) is 24.9 Å². The number of imidazole rings is 2. The predicted molar refractivity (Wildman–Crippen MR) is 153 cm³/mol. The highest BCUT2D eigenvalue weighted by molar-refractivity contribution is 5.92. The van der Waals surface area contributed by atoms with Crippen LogP contribution in [0.25, 0.3) is 16.6 Å². The van der Waals surface area contributed by atoms with Crippen LogP contribution in [0.2, 0.25) is 0 Å². The van der Waals surface area contributed by atoms with Gasteiger partial charge in [-0.05, 0) is 63.0 Å². The van der Waals surface area contributed by atoms with Crippen LogP contribution < -0.4 is 4.74 Å². The number of piperidine rings is 1. The smallest absolute Gasteiger partial charge is 0.335 e. The summed E-state index contributed by atoms with van der Waals surface area (Å²) in [5, 5.41) is 9.51. The molecule has 10 heteroatoms. The SMILES string of the molecule is O=C(O)c1ccc2nc(CN3CCC(c4cccc(OCC5=CCCn6ccnc65)n4)CC3)n(CC3CCO3)c2c1. The van der Waals surface area contributed by atoms with E-state index in [2.05, 4.69) is 31.2 Å². The number of aryl methyl sites for hydroxylation is 1. The Hall–Kier alpha value is -4.02. The molecular weight excluding hydrogens is 520 g/mol. The van der Waals surface area contributed by atoms with Crippen molar-refractivity contribution in [1.82, 2.24) is 29.0 Å². The maximum absolute atomic E-state index is 11.6. The third-order valence-electron chi connectivity index (χ3n) is 8.51. The number of pyridine rings is 1. The Labute approximate surface area is 238 Å². The van der Waals surface area contributed by atoms with Crippen molar-refractivity contribution in [2.24, 2.45) is 0 Å². The minimum absolute atomic E-state index is 0.155. The van der Waals surface area contributed by atoms with E-state index >= 15 is 0 Å². The molecule has 2 fully saturated rings. The van der Waals surface area contributed by atoms with Gasteiger partial charge in [0.05, 0.1) is 35.8 Å². The number of aromatic nitrogens is 5. The van der Waals surface area contributed by atoms with Crippen molar-refractivity contribution in [3.05, 3.63) is 77.8 Å². The number of hydrogen-bond donors (Lipinski definition) is 1. The minimum Gasteiger partial charge on any atom is -0.478 e. The highest BCUT2D eigenvalue weighted by Crippen LogP contribution is 2.30. The van der Waals surface area contributed by atoms with E-state index in [0.717, 1.165) is 92.4 Å². The van der Waals surface area contributed by atoms with Crippen LogP contribution in [-0.4, -0.2) is 72.5 Å². The molecule has 0 amide bonds. The Kier molecular flexibility index (Phi) is 7.02. The highest BCUT2D eigenvalue weighted by atomic mass is 16.5. The molecule has 7 rings (SSSR count). The van der Waals surface area contributed by atoms with Crippen molar-refractivity contribution in [3.63, 3.8) is 0 Å². The lowest BCUT2D eigenvalue weighted by atomic mass is 9.93. The lowest BCUT2D eigenvalue weighted by Crippen LogP contribution is -2.35. The quantitative estimate of drug-likeness (QED) is 0.325. The maximum Gasteiger partial charge on any atom is 0.335 e. The molecule has 6 heterocycles. The first-order valence-corrected chi connectivity index (χ1v) is 14.5. The third-order valence-corrected chi connectivity index (χ3v) is 8.51. The Balaban J connectivity index is 1.00. The van der Waals surface area contributed by atoms with Gasteiger partial charge >= 0.3 is 5.97 Å². The van der Waals surface area contributed by atoms with Gasteiger partial charge in [-0.1, -0.05) is 12.1 Å². The minimum atomic E-state index is -0.926. The van der Waals surface area contributed by atoms with Crippen LogP contribution in [0.1, 0.15) is 59.3 Å². The fraction of sp³-hybridized carbons (Fsp3) is 0.419. The number of carbonyl (C=O) groups is 1. The Morgan fingerprint density at radius 1 is 1.10 bits per heavy atom. The standard InChI is InChI=1S/C31H34N6O4/c38-31(39)22-6-7-26-27(17-22)37(18-24-10-16-40-24)28(33-26)19-35-13-8-21(9-14-35)25-4-1-5-29(34-25)41-20-23-3-2-12-36-15-11-32-30(23)36/h1,3-7,11,15,17,21,24H,2,8-10,12-14,16,18-20H2,(H,38,39). The summed E-state index contributed by atoms with van der Waals surface area (Å²) in [6.45, 7) is 5.51. The molecule has 41 heavy (non-hydrogen) atoms. The van der Waals surface area contributed by atoms with Crippen LogP contribution in [0.3, 0.4) is 0 Å². The van der Waals surface area contributed by atoms with Gasteiger partial charge in [-0.3, -0.25) is 4.90 Å². The van der Waals surface area contributed by atoms with Crippen LogP contribution in [0.4, 0.5) is 0 Å². The van der Waals surface area contributed by atoms with Gasteiger partial charge in [0.2, 0.25) is 5.88 Å². The van der Waals surface area contributed by atoms with Gasteiger partial charge in [-0.2, -0.15) is 0 Å². The molecule has 1 aromatic carbocycles. The van der Waals surface area contributed by atoms with Crippen molar-refractivity contribution < 1.29 is 19.4 Å². The molecule has 3 aliphatic heterocycles. The van der Waals surface area contributed by atoms with Crippen molar-refractivity contribution >= 4 is 22.6 Å². The van der Waals surface area contributed by atoms with Gasteiger partial charge < -0.3 is 23.7 Å². The summed E-state index contributed by atoms with van der Waals surface area (Å²) in [4.78, 5) is 28.3. The molecule has 10 nitrogen and oxygen atoms in total. The molecule has 0 saturated carbocycles. The summed E-state index contributed by atoms with van der Waals surface area (Å²) in [5.74, 6) is 2.05. The van der Waals surface area contributed by atoms with E-state index in [9.17, 15) is 9.90 Å². The van der Waals surface area contributed by atoms with Gasteiger partial charge in [0.1, 0.15) is 18.3 Å². The van der Waals surface area contributed by atoms with Crippen LogP contribution >= 0.6 is 0 Å². The van der Waals surface area contributed by atoms with E-state index in [1.54, 1.807) is 12.1 Å². The molecule has 0 aliphatic carbocycles. The molecule has 4 aromatic rings. The van der Waals surface area contributed by atoms with Gasteiger partial charge in [0.15, 0.2) is 0 Å². The van der Waals surface area contributed by atoms with E-state index in [1.807, 2.05) is 30.6 Å². The molecule has 2 saturated heterocycles. The van der Waals surface area contributed by atoms with Gasteiger partial charge in [-0.25, -0.2) is 19.7 Å². The summed E-state index contributed by atoms with van der Waals surface area (Å²) in [6.07, 6.45) is 10.2. The molecular formula is C31H34N6O4. The average molecular weight is 555 g/mol. The first-order chi connectivity index (χ1) is 20.1. The summed E-state index contributed by atoms with van der Waals surface area (Å²) in [5.41, 5.74) is 4.15. The zero-order valence-electron chi connectivity index (χ0n) is 23.0. The zero-order valence-corrected chi connectivity index (χ0v) is 23.0. The van der Waals surface area contributed by atoms with Crippen LogP contribution in [0.15, 0.2) is 54.9 Å². The number of fused-ring (bicyclic) bond motifs is 2. The largest absolute Gasteiger partial charge is 0.478 e. The summed E-state index contributed by atoms with van der Waals surface area (Å²) >= 11 is 0. The van der Waals surface area contributed by atoms with Crippen LogP contribution in [0.5, 0.6) is 5.88 Å². The third kappa shape index (κ3) is 5.37. The van der Waals surface area contributed by atoms with E-state index in [1.165, 1.54) is 0 Å². The number of hydrogen-bond acceptors (Lipinski definition) is 7. The lowest BCUT2D eigenvalue weighted by molar-refractivity contribution is -0.0592. The second kappa shape index (κ2) is 11.1. The number of nitrogens with zero attached hydrogens (tertiary/aromatic N) is 6. The first kappa shape index (κ1) is 25.9. The van der Waals surface area contributed by atoms with Gasteiger partial charge in [0.25, 0.3) is 0 Å². The highest BCUT2D eigenvalue weighted by Gasteiger charge is 2.26. The predicted octanol–water partition coefficient (Wildman–Crippen LogP) is 4.36. The topological polar surface area (TPSA) is 108 Å². The Morgan fingerprint density at radius 3 is 2.78 bits per heavy atom. The number of allylic oxidation sites excluding steroid dienone is 1. The second-order valence-electron chi connectivity index (χ2n) is 11.1. The van der Waals surface area contributed by atoms with Crippen molar-refractivity contribution in [1.29, 1.82) is 0 Å². The number of carboxylic acids is 1. The van der Waals surface area contributed by atoms with Crippen LogP contribution in [-0.2, 0) is 24.4 Å². The maximum atomic E-state index is 11.6. The summed E-state index contributed by atoms with van der Waals surface area (Å²) in [6, 6.07) is 11.3. The molecule has 3 aliphatic rings. The molecule has 212 valence electrons. The number of aromatic carboxylic acids is 1. The number of rotatable bonds is 9. The molecule has 1 unspecified atom stereocenters. The Bertz CT molecular complexity index is 1600. The fourth-order valence-corrected chi connectivity index (χ4v) is 6.11. The molecule has 0 radical (unpaired) electrons. The van der Waals surface area contributed by atoms with Crippen LogP contribution in [0, 0.1) is 0 Å². The lowest BCUT2D eigenvalue weighted by Gasteiger charge is -2.32. The number of carboxylic acid groups (broad SMARTS) is 1. The van der Waals surface area contributed by atoms with Crippen molar-refractivity contribution in [2.45, 2.75) is 57.3 Å². The summed E-state index contributed by atoms with van der Waals surface area (Å²) < 4.78 is 16.1. The molecule has 0 bridgehead atoms. The van der Waals surface area contributed by atoms with Gasteiger partial charge in [0, 0.05) is 48.8 Å². The number of likely N-dealkylation sites (tertiary alicyclic amines) is 1. The Morgan fingerprint density at radius 2 is 1.98 bits per heavy atom. The van der Waals surface area contributed by atoms with Crippen molar-refractivity contribution in [3.8, 4) is 5.88 Å². The summed E-state index contributed by atoms with van der Waals surface area (Å²) in [7, 11) is 0. The fourth-order valence-electron chi connectivity index (χ4n) is 6.11. The molecule has 0 spiro atoms. The molecule has 1 atom stereocenters. The molecule has 3 aromatic heterocycles. The molecule has 1 N–H and O–H groups in total. The monoisotopic (exact) mass is 554 g/mol. The van der Waals surface area contributed by atoms with E-state index < -0.39 is 5.97 Å². The average Bonchev–Trinajstić information content (AvgIpc) is 3.59. The van der Waals surface area contributed by atoms with E-state index in [-0.39, 0.29) is 11.7 Å². The normalized spacial score (nSPS) is 19.5. The van der Waals surface area contributed by atoms with Gasteiger partial charge in [-0.15, -0.1) is 0 Å². The zero-order chi connectivity index (χ0) is 27.8. The number of ether oxygens (including phenoxy) is 2. The second-order valence-corrected chi connectivity index (χ2v) is 11.1. The first-order valence-electron chi connectivity index (χ1n) is 14.5. The number of benzene rings is 1. The van der Waals surface area contributed by atoms with E-state index in [4.69, 9.17) is 19.4 Å². The van der Waals surface area contributed by atoms with Crippen molar-refractivity contribution in [2.75, 3.05) is 26.3 Å².